The van der Waals surface area contributed by atoms with E-state index in [4.69, 9.17) is 0 Å². The Bertz CT molecular complexity index is 704. The van der Waals surface area contributed by atoms with E-state index in [2.05, 4.69) is 13.8 Å². The van der Waals surface area contributed by atoms with Gasteiger partial charge in [-0.3, -0.25) is 14.2 Å². The number of nitrogens with zero attached hydrogens (tertiary/aromatic N) is 3. The van der Waals surface area contributed by atoms with Crippen LogP contribution in [0.25, 0.3) is 6.08 Å². The van der Waals surface area contributed by atoms with Crippen LogP contribution < -0.4 is 11.2 Å². The zero-order chi connectivity index (χ0) is 16.4. The van der Waals surface area contributed by atoms with Gasteiger partial charge in [0.1, 0.15) is 0 Å². The Kier molecular flexibility index (Phi) is 4.68. The maximum absolute atomic E-state index is 12.3. The van der Waals surface area contributed by atoms with Gasteiger partial charge in [-0.2, -0.15) is 0 Å². The Labute approximate surface area is 129 Å². The minimum absolute atomic E-state index is 0.0886. The van der Waals surface area contributed by atoms with Crippen LogP contribution in [0.4, 0.5) is 0 Å². The van der Waals surface area contributed by atoms with Gasteiger partial charge in [0.15, 0.2) is 0 Å². The monoisotopic (exact) mass is 305 g/mol. The minimum Gasteiger partial charge on any atom is -0.339 e. The molecule has 0 spiro atoms. The van der Waals surface area contributed by atoms with Crippen molar-refractivity contribution in [1.29, 1.82) is 0 Å². The standard InChI is InChI=1S/C16H23N3O3/c1-11-7-12(2)9-19(8-11)14(20)6-5-13-10-17(3)16(22)18(4)15(13)21/h5-6,10-12H,7-9H2,1-4H3/b6-5+. The number of hydrogen-bond acceptors (Lipinski definition) is 3. The molecule has 2 unspecified atom stereocenters. The Balaban J connectivity index is 2.20. The summed E-state index contributed by atoms with van der Waals surface area (Å²) in [6.07, 6.45) is 5.50. The number of aromatic nitrogens is 2. The second-order valence-electron chi connectivity index (χ2n) is 6.36. The van der Waals surface area contributed by atoms with E-state index in [9.17, 15) is 14.4 Å². The summed E-state index contributed by atoms with van der Waals surface area (Å²) in [6.45, 7) is 5.78. The Morgan fingerprint density at radius 3 is 2.36 bits per heavy atom. The molecule has 2 heterocycles. The van der Waals surface area contributed by atoms with Gasteiger partial charge >= 0.3 is 5.69 Å². The van der Waals surface area contributed by atoms with Crippen LogP contribution in [0.15, 0.2) is 21.9 Å². The van der Waals surface area contributed by atoms with Crippen LogP contribution in [0.3, 0.4) is 0 Å². The molecular formula is C16H23N3O3. The lowest BCUT2D eigenvalue weighted by atomic mass is 9.92. The highest BCUT2D eigenvalue weighted by atomic mass is 16.2. The van der Waals surface area contributed by atoms with Gasteiger partial charge in [0.05, 0.1) is 5.56 Å². The lowest BCUT2D eigenvalue weighted by Gasteiger charge is -2.34. The number of aryl methyl sites for hydroxylation is 1. The van der Waals surface area contributed by atoms with Gasteiger partial charge in [-0.1, -0.05) is 13.8 Å². The fraction of sp³-hybridized carbons (Fsp3) is 0.562. The predicted octanol–water partition coefficient (Wildman–Crippen LogP) is 0.602. The van der Waals surface area contributed by atoms with E-state index in [1.165, 1.54) is 30.0 Å². The van der Waals surface area contributed by atoms with Gasteiger partial charge in [-0.15, -0.1) is 0 Å². The molecule has 22 heavy (non-hydrogen) atoms. The first kappa shape index (κ1) is 16.3. The summed E-state index contributed by atoms with van der Waals surface area (Å²) in [4.78, 5) is 37.7. The predicted molar refractivity (Wildman–Crippen MR) is 85.5 cm³/mol. The number of carbonyl (C=O) groups is 1. The average molecular weight is 305 g/mol. The Morgan fingerprint density at radius 2 is 1.77 bits per heavy atom. The molecule has 1 aliphatic rings. The highest BCUT2D eigenvalue weighted by Gasteiger charge is 2.24. The number of piperidine rings is 1. The molecule has 6 heteroatoms. The summed E-state index contributed by atoms with van der Waals surface area (Å²) in [5, 5.41) is 0. The average Bonchev–Trinajstić information content (AvgIpc) is 2.46. The van der Waals surface area contributed by atoms with Crippen molar-refractivity contribution in [1.82, 2.24) is 14.0 Å². The van der Waals surface area contributed by atoms with Crippen LogP contribution in [0.1, 0.15) is 25.8 Å². The molecule has 0 bridgehead atoms. The fourth-order valence-corrected chi connectivity index (χ4v) is 3.06. The summed E-state index contributed by atoms with van der Waals surface area (Å²) in [5.74, 6) is 0.896. The largest absolute Gasteiger partial charge is 0.339 e. The molecule has 1 fully saturated rings. The molecule has 1 amide bonds. The summed E-state index contributed by atoms with van der Waals surface area (Å²) >= 11 is 0. The second kappa shape index (κ2) is 6.34. The Morgan fingerprint density at radius 1 is 1.18 bits per heavy atom. The summed E-state index contributed by atoms with van der Waals surface area (Å²) in [7, 11) is 3.01. The number of likely N-dealkylation sites (tertiary alicyclic amines) is 1. The van der Waals surface area contributed by atoms with E-state index < -0.39 is 5.56 Å². The molecule has 120 valence electrons. The topological polar surface area (TPSA) is 64.3 Å². The normalized spacial score (nSPS) is 22.3. The number of carbonyl (C=O) groups excluding carboxylic acids is 1. The van der Waals surface area contributed by atoms with Crippen molar-refractivity contribution in [3.8, 4) is 0 Å². The minimum atomic E-state index is -0.396. The highest BCUT2D eigenvalue weighted by Crippen LogP contribution is 2.21. The SMILES string of the molecule is CC1CC(C)CN(C(=O)/C=C/c2cn(C)c(=O)n(C)c2=O)C1. The maximum Gasteiger partial charge on any atom is 0.330 e. The zero-order valence-corrected chi connectivity index (χ0v) is 13.6. The van der Waals surface area contributed by atoms with Gasteiger partial charge in [-0.25, -0.2) is 4.79 Å². The van der Waals surface area contributed by atoms with Crippen molar-refractivity contribution < 1.29 is 4.79 Å². The molecule has 0 aromatic carbocycles. The Hall–Kier alpha value is -2.11. The molecule has 6 nitrogen and oxygen atoms in total. The lowest BCUT2D eigenvalue weighted by Crippen LogP contribution is -2.41. The summed E-state index contributed by atoms with van der Waals surface area (Å²) < 4.78 is 2.37. The van der Waals surface area contributed by atoms with Crippen molar-refractivity contribution in [2.45, 2.75) is 20.3 Å². The molecule has 0 saturated carbocycles. The van der Waals surface area contributed by atoms with E-state index in [0.29, 0.717) is 17.4 Å². The third-order valence-electron chi connectivity index (χ3n) is 4.06. The molecule has 1 aliphatic heterocycles. The van der Waals surface area contributed by atoms with Gasteiger partial charge in [-0.05, 0) is 24.3 Å². The van der Waals surface area contributed by atoms with Crippen molar-refractivity contribution in [3.63, 3.8) is 0 Å². The molecule has 1 aromatic heterocycles. The molecular weight excluding hydrogens is 282 g/mol. The van der Waals surface area contributed by atoms with Gasteiger partial charge in [0, 0.05) is 39.5 Å². The molecule has 1 saturated heterocycles. The summed E-state index contributed by atoms with van der Waals surface area (Å²) in [6, 6.07) is 0. The quantitative estimate of drug-likeness (QED) is 0.752. The van der Waals surface area contributed by atoms with Crippen LogP contribution >= 0.6 is 0 Å². The highest BCUT2D eigenvalue weighted by molar-refractivity contribution is 5.91. The van der Waals surface area contributed by atoms with Crippen molar-refractivity contribution in [2.75, 3.05) is 13.1 Å². The first-order chi connectivity index (χ1) is 10.3. The molecule has 0 radical (unpaired) electrons. The maximum atomic E-state index is 12.3. The van der Waals surface area contributed by atoms with Crippen molar-refractivity contribution in [2.24, 2.45) is 25.9 Å². The van der Waals surface area contributed by atoms with Crippen LogP contribution in [0.5, 0.6) is 0 Å². The van der Waals surface area contributed by atoms with Gasteiger partial charge < -0.3 is 9.47 Å². The van der Waals surface area contributed by atoms with Crippen LogP contribution in [-0.4, -0.2) is 33.0 Å². The van der Waals surface area contributed by atoms with E-state index in [0.717, 1.165) is 24.1 Å². The van der Waals surface area contributed by atoms with Crippen LogP contribution in [0, 0.1) is 11.8 Å². The number of hydrogen-bond donors (Lipinski definition) is 0. The molecule has 2 atom stereocenters. The third kappa shape index (κ3) is 3.37. The van der Waals surface area contributed by atoms with Gasteiger partial charge in [0.25, 0.3) is 5.56 Å². The second-order valence-corrected chi connectivity index (χ2v) is 6.36. The molecule has 0 N–H and O–H groups in total. The van der Waals surface area contributed by atoms with E-state index in [1.54, 1.807) is 7.05 Å². The molecule has 0 aliphatic carbocycles. The molecule has 1 aromatic rings. The van der Waals surface area contributed by atoms with E-state index >= 15 is 0 Å². The lowest BCUT2D eigenvalue weighted by molar-refractivity contribution is -0.128. The van der Waals surface area contributed by atoms with Crippen molar-refractivity contribution >= 4 is 12.0 Å². The van der Waals surface area contributed by atoms with Crippen LogP contribution in [0.2, 0.25) is 0 Å². The zero-order valence-electron chi connectivity index (χ0n) is 13.6. The fourth-order valence-electron chi connectivity index (χ4n) is 3.06. The van der Waals surface area contributed by atoms with Gasteiger partial charge in [0.2, 0.25) is 5.91 Å². The molecule has 2 rings (SSSR count). The van der Waals surface area contributed by atoms with E-state index in [1.807, 2.05) is 4.90 Å². The van der Waals surface area contributed by atoms with Crippen LogP contribution in [-0.2, 0) is 18.9 Å². The first-order valence-corrected chi connectivity index (χ1v) is 7.53. The van der Waals surface area contributed by atoms with E-state index in [-0.39, 0.29) is 11.6 Å². The smallest absolute Gasteiger partial charge is 0.330 e. The summed E-state index contributed by atoms with van der Waals surface area (Å²) in [5.41, 5.74) is -0.448. The third-order valence-corrected chi connectivity index (χ3v) is 4.06. The number of rotatable bonds is 2. The number of amides is 1. The first-order valence-electron chi connectivity index (χ1n) is 7.53. The van der Waals surface area contributed by atoms with Crippen molar-refractivity contribution in [3.05, 3.63) is 38.7 Å².